The summed E-state index contributed by atoms with van der Waals surface area (Å²) in [6.07, 6.45) is 0.843. The van der Waals surface area contributed by atoms with Crippen molar-refractivity contribution in [2.24, 2.45) is 5.92 Å². The first kappa shape index (κ1) is 20.8. The molecule has 1 aliphatic rings. The van der Waals surface area contributed by atoms with Crippen LogP contribution in [0.2, 0.25) is 0 Å². The highest BCUT2D eigenvalue weighted by Gasteiger charge is 2.34. The summed E-state index contributed by atoms with van der Waals surface area (Å²) in [6.45, 7) is -0.524. The molecular formula is C16H20FN3O6S. The maximum absolute atomic E-state index is 13.0. The number of ether oxygens (including phenoxy) is 1. The van der Waals surface area contributed by atoms with Crippen molar-refractivity contribution in [3.63, 3.8) is 0 Å². The van der Waals surface area contributed by atoms with Crippen molar-refractivity contribution in [1.82, 2.24) is 14.9 Å². The molecule has 0 aliphatic carbocycles. The minimum atomic E-state index is -3.87. The summed E-state index contributed by atoms with van der Waals surface area (Å²) in [5, 5.41) is 4.12. The Morgan fingerprint density at radius 3 is 2.56 bits per heavy atom. The summed E-state index contributed by atoms with van der Waals surface area (Å²) >= 11 is 0. The summed E-state index contributed by atoms with van der Waals surface area (Å²) in [7, 11) is -2.54. The summed E-state index contributed by atoms with van der Waals surface area (Å²) in [5.41, 5.74) is 0. The highest BCUT2D eigenvalue weighted by molar-refractivity contribution is 7.89. The number of imide groups is 1. The van der Waals surface area contributed by atoms with Crippen LogP contribution >= 0.6 is 0 Å². The normalized spacial score (nSPS) is 17.8. The van der Waals surface area contributed by atoms with Crippen LogP contribution in [0.1, 0.15) is 12.8 Å². The second kappa shape index (κ2) is 8.91. The number of hydrogen-bond donors (Lipinski definition) is 2. The van der Waals surface area contributed by atoms with Crippen molar-refractivity contribution in [2.45, 2.75) is 17.7 Å². The lowest BCUT2D eigenvalue weighted by molar-refractivity contribution is -0.153. The topological polar surface area (TPSA) is 122 Å². The van der Waals surface area contributed by atoms with E-state index in [-0.39, 0.29) is 18.0 Å². The van der Waals surface area contributed by atoms with Crippen molar-refractivity contribution >= 4 is 27.9 Å². The molecule has 3 amide bonds. The third-order valence-corrected chi connectivity index (χ3v) is 5.87. The molecular weight excluding hydrogens is 381 g/mol. The molecule has 0 spiro atoms. The first-order chi connectivity index (χ1) is 12.7. The molecule has 27 heavy (non-hydrogen) atoms. The van der Waals surface area contributed by atoms with Crippen LogP contribution in [0.4, 0.5) is 9.18 Å². The van der Waals surface area contributed by atoms with Crippen LogP contribution in [0.3, 0.4) is 0 Å². The summed E-state index contributed by atoms with van der Waals surface area (Å²) in [6, 6.07) is 3.69. The molecule has 1 atom stereocenters. The number of rotatable bonds is 5. The fourth-order valence-electron chi connectivity index (χ4n) is 2.59. The van der Waals surface area contributed by atoms with E-state index < -0.39 is 46.3 Å². The lowest BCUT2D eigenvalue weighted by Gasteiger charge is -2.30. The number of piperidine rings is 1. The number of sulfonamides is 1. The molecule has 1 aromatic rings. The molecule has 148 valence electrons. The Labute approximate surface area is 155 Å². The van der Waals surface area contributed by atoms with E-state index in [1.54, 1.807) is 0 Å². The number of benzene rings is 1. The number of hydrogen-bond acceptors (Lipinski definition) is 6. The average molecular weight is 401 g/mol. The summed E-state index contributed by atoms with van der Waals surface area (Å²) < 4.78 is 44.3. The van der Waals surface area contributed by atoms with Gasteiger partial charge in [0.2, 0.25) is 10.0 Å². The van der Waals surface area contributed by atoms with Crippen LogP contribution in [-0.4, -0.2) is 57.4 Å². The van der Waals surface area contributed by atoms with E-state index in [9.17, 15) is 27.2 Å². The third kappa shape index (κ3) is 5.47. The van der Waals surface area contributed by atoms with E-state index in [2.05, 4.69) is 5.32 Å². The Hall–Kier alpha value is -2.53. The molecule has 2 N–H and O–H groups in total. The van der Waals surface area contributed by atoms with Gasteiger partial charge in [-0.3, -0.25) is 14.9 Å². The molecule has 2 rings (SSSR count). The van der Waals surface area contributed by atoms with E-state index >= 15 is 0 Å². The lowest BCUT2D eigenvalue weighted by atomic mass is 10.0. The Balaban J connectivity index is 1.96. The molecule has 1 aromatic carbocycles. The van der Waals surface area contributed by atoms with Gasteiger partial charge in [0.15, 0.2) is 6.61 Å². The monoisotopic (exact) mass is 401 g/mol. The zero-order valence-corrected chi connectivity index (χ0v) is 15.4. The molecule has 1 unspecified atom stereocenters. The number of amides is 3. The minimum Gasteiger partial charge on any atom is -0.455 e. The summed E-state index contributed by atoms with van der Waals surface area (Å²) in [4.78, 5) is 34.5. The van der Waals surface area contributed by atoms with Crippen LogP contribution < -0.4 is 10.6 Å². The molecule has 0 bridgehead atoms. The number of urea groups is 1. The highest BCUT2D eigenvalue weighted by Crippen LogP contribution is 2.24. The second-order valence-electron chi connectivity index (χ2n) is 5.89. The molecule has 9 nitrogen and oxygen atoms in total. The maximum atomic E-state index is 13.0. The number of nitrogens with zero attached hydrogens (tertiary/aromatic N) is 1. The molecule has 0 radical (unpaired) electrons. The van der Waals surface area contributed by atoms with E-state index in [0.29, 0.717) is 12.8 Å². The quantitative estimate of drug-likeness (QED) is 0.681. The van der Waals surface area contributed by atoms with E-state index in [1.807, 2.05) is 5.32 Å². The van der Waals surface area contributed by atoms with Crippen molar-refractivity contribution in [1.29, 1.82) is 0 Å². The molecule has 11 heteroatoms. The van der Waals surface area contributed by atoms with Gasteiger partial charge >= 0.3 is 12.0 Å². The number of esters is 1. The van der Waals surface area contributed by atoms with E-state index in [1.165, 1.54) is 7.05 Å². The van der Waals surface area contributed by atoms with Gasteiger partial charge in [-0.25, -0.2) is 17.6 Å². The predicted octanol–water partition coefficient (Wildman–Crippen LogP) is 0.225. The zero-order valence-electron chi connectivity index (χ0n) is 14.6. The Bertz CT molecular complexity index is 812. The van der Waals surface area contributed by atoms with Gasteiger partial charge in [-0.05, 0) is 37.1 Å². The smallest absolute Gasteiger partial charge is 0.321 e. The zero-order chi connectivity index (χ0) is 20.0. The first-order valence-electron chi connectivity index (χ1n) is 8.18. The standard InChI is InChI=1S/C16H20FN3O6S/c1-18-16(23)19-14(21)10-26-15(22)11-3-2-8-20(9-11)27(24,25)13-6-4-12(17)5-7-13/h4-7,11H,2-3,8-10H2,1H3,(H2,18,19,21,23). The first-order valence-corrected chi connectivity index (χ1v) is 9.62. The number of carbonyl (C=O) groups is 3. The van der Waals surface area contributed by atoms with Gasteiger partial charge in [-0.15, -0.1) is 0 Å². The summed E-state index contributed by atoms with van der Waals surface area (Å²) in [5.74, 6) is -2.80. The van der Waals surface area contributed by atoms with Gasteiger partial charge in [-0.2, -0.15) is 4.31 Å². The van der Waals surface area contributed by atoms with Gasteiger partial charge in [0, 0.05) is 20.1 Å². The van der Waals surface area contributed by atoms with Crippen molar-refractivity contribution in [3.05, 3.63) is 30.1 Å². The van der Waals surface area contributed by atoms with Crippen LogP contribution in [-0.2, 0) is 24.3 Å². The average Bonchev–Trinajstić information content (AvgIpc) is 2.66. The fourth-order valence-corrected chi connectivity index (χ4v) is 4.11. The lowest BCUT2D eigenvalue weighted by Crippen LogP contribution is -2.44. The van der Waals surface area contributed by atoms with Crippen LogP contribution in [0.25, 0.3) is 0 Å². The third-order valence-electron chi connectivity index (χ3n) is 3.99. The van der Waals surface area contributed by atoms with Crippen molar-refractivity contribution in [3.8, 4) is 0 Å². The Kier molecular flexibility index (Phi) is 6.86. The van der Waals surface area contributed by atoms with Gasteiger partial charge in [-0.1, -0.05) is 0 Å². The predicted molar refractivity (Wildman–Crippen MR) is 91.4 cm³/mol. The van der Waals surface area contributed by atoms with Gasteiger partial charge in [0.25, 0.3) is 5.91 Å². The van der Waals surface area contributed by atoms with Crippen LogP contribution in [0.15, 0.2) is 29.2 Å². The SMILES string of the molecule is CNC(=O)NC(=O)COC(=O)C1CCCN(S(=O)(=O)c2ccc(F)cc2)C1. The van der Waals surface area contributed by atoms with Crippen molar-refractivity contribution < 1.29 is 31.9 Å². The Morgan fingerprint density at radius 2 is 1.93 bits per heavy atom. The fraction of sp³-hybridized carbons (Fsp3) is 0.438. The second-order valence-corrected chi connectivity index (χ2v) is 7.83. The highest BCUT2D eigenvalue weighted by atomic mass is 32.2. The van der Waals surface area contributed by atoms with Gasteiger partial charge in [0.05, 0.1) is 10.8 Å². The number of nitrogens with one attached hydrogen (secondary N) is 2. The molecule has 1 aliphatic heterocycles. The maximum Gasteiger partial charge on any atom is 0.321 e. The number of halogens is 1. The molecule has 0 aromatic heterocycles. The van der Waals surface area contributed by atoms with E-state index in [0.717, 1.165) is 28.6 Å². The molecule has 1 fully saturated rings. The molecule has 1 saturated heterocycles. The van der Waals surface area contributed by atoms with Crippen LogP contribution in [0.5, 0.6) is 0 Å². The number of carbonyl (C=O) groups excluding carboxylic acids is 3. The van der Waals surface area contributed by atoms with E-state index in [4.69, 9.17) is 4.74 Å². The largest absolute Gasteiger partial charge is 0.455 e. The van der Waals surface area contributed by atoms with Crippen LogP contribution in [0, 0.1) is 11.7 Å². The van der Waals surface area contributed by atoms with Gasteiger partial charge in [0.1, 0.15) is 5.82 Å². The molecule has 1 heterocycles. The molecule has 0 saturated carbocycles. The van der Waals surface area contributed by atoms with Crippen molar-refractivity contribution in [2.75, 3.05) is 26.7 Å². The Morgan fingerprint density at radius 1 is 1.26 bits per heavy atom. The van der Waals surface area contributed by atoms with Gasteiger partial charge < -0.3 is 10.1 Å². The minimum absolute atomic E-state index is 0.0668.